The molecule has 0 spiro atoms. The highest BCUT2D eigenvalue weighted by atomic mass is 16.7. The fourth-order valence-electron chi connectivity index (χ4n) is 11.0. The second kappa shape index (κ2) is 31.3. The Bertz CT molecular complexity index is 3180. The lowest BCUT2D eigenvalue weighted by Crippen LogP contribution is -2.61. The average Bonchev–Trinajstić information content (AvgIpc) is 0.754. The van der Waals surface area contributed by atoms with Crippen molar-refractivity contribution in [1.29, 1.82) is 0 Å². The number of fused-ring (bicyclic) bond motifs is 3. The van der Waals surface area contributed by atoms with E-state index in [9.17, 15) is 88.5 Å². The number of nitrogens with two attached hydrogens (primary N) is 2. The summed E-state index contributed by atoms with van der Waals surface area (Å²) in [5.41, 5.74) is 6.75. The Morgan fingerprint density at radius 2 is 1.38 bits per heavy atom. The van der Waals surface area contributed by atoms with E-state index in [1.807, 2.05) is 0 Å². The van der Waals surface area contributed by atoms with Gasteiger partial charge in [0.15, 0.2) is 17.9 Å². The summed E-state index contributed by atoms with van der Waals surface area (Å²) in [6.07, 6.45) is -5.74. The first-order valence-electron chi connectivity index (χ1n) is 29.1. The van der Waals surface area contributed by atoms with Crippen LogP contribution in [0.25, 0.3) is 0 Å². The number of hydrogen-bond donors (Lipinski definition) is 17. The van der Waals surface area contributed by atoms with E-state index in [2.05, 4.69) is 47.2 Å². The number of methoxy groups -OCH3 is 1. The monoisotopic (exact) mass is 1270 g/mol. The molecule has 1 fully saturated rings. The number of aromatic amines is 1. The molecule has 0 radical (unpaired) electrons. The van der Waals surface area contributed by atoms with E-state index in [0.717, 1.165) is 6.92 Å². The number of H-pyrrole nitrogens is 1. The van der Waals surface area contributed by atoms with Gasteiger partial charge in [0.25, 0.3) is 0 Å². The Morgan fingerprint density at radius 3 is 1.94 bits per heavy atom. The molecule has 3 aromatic rings. The Balaban J connectivity index is 1.19. The smallest absolute Gasteiger partial charge is 0.245 e. The number of amides is 8. The molecule has 19 N–H and O–H groups in total. The van der Waals surface area contributed by atoms with E-state index in [0.29, 0.717) is 12.1 Å². The van der Waals surface area contributed by atoms with Crippen LogP contribution in [0.2, 0.25) is 0 Å². The fraction of sp³-hybridized carbons (Fsp3) is 0.552. The van der Waals surface area contributed by atoms with Gasteiger partial charge in [0, 0.05) is 67.6 Å². The largest absolute Gasteiger partial charge is 0.507 e. The molecule has 90 heavy (non-hydrogen) atoms. The molecule has 0 saturated carbocycles. The van der Waals surface area contributed by atoms with Crippen LogP contribution < -0.4 is 53.4 Å². The first-order chi connectivity index (χ1) is 42.6. The van der Waals surface area contributed by atoms with Crippen LogP contribution in [0.5, 0.6) is 17.2 Å². The molecular formula is C58H79N11O21. The zero-order chi connectivity index (χ0) is 66.5. The van der Waals surface area contributed by atoms with Gasteiger partial charge < -0.3 is 104 Å². The quantitative estimate of drug-likeness (QED) is 0.0167. The van der Waals surface area contributed by atoms with Crippen LogP contribution in [0.4, 0.5) is 0 Å². The summed E-state index contributed by atoms with van der Waals surface area (Å²) in [7, 11) is 1.25. The molecule has 32 nitrogen and oxygen atoms in total. The molecule has 8 amide bonds. The minimum absolute atomic E-state index is 0.0261. The van der Waals surface area contributed by atoms with E-state index < -0.39 is 212 Å². The summed E-state index contributed by atoms with van der Waals surface area (Å²) in [5, 5.41) is 94.5. The van der Waals surface area contributed by atoms with Crippen molar-refractivity contribution in [3.05, 3.63) is 69.8 Å². The van der Waals surface area contributed by atoms with Gasteiger partial charge in [-0.05, 0) is 57.6 Å². The molecule has 492 valence electrons. The number of rotatable bonds is 31. The minimum Gasteiger partial charge on any atom is -0.507 e. The average molecular weight is 1270 g/mol. The van der Waals surface area contributed by atoms with Crippen LogP contribution in [0.3, 0.4) is 0 Å². The zero-order valence-electron chi connectivity index (χ0n) is 50.2. The highest BCUT2D eigenvalue weighted by Crippen LogP contribution is 2.52. The fourth-order valence-corrected chi connectivity index (χ4v) is 11.0. The number of phenols is 2. The standard InChI is InChI=1S/C58H79N11O21/c1-25(2)15-34(67-52(81)31(10-6-7-14-59)64-56(85)36(21-70)69-57(86)37(22-71)68-55(84)35(63-27(4)73)16-28-20-61-24-62-28)54(83)65-32(12-13-41(60)75)53(82)66-33-17-42(89-26(3)47(33)76)90-39-19-58(87,40(74)23-72)18-30-44(39)51(80)46-45(49(30)78)48(77)29-9-8-11-38(88-5)43(29)50(46)79/h8-9,11,20,24-26,31-37,39,42,47,70-72,76,78,80,87H,6-7,10,12-19,21-23,59H2,1-5H3,(H2,60,75)(H,61,62)(H,63,73)(H,64,85)(H,65,83)(H,66,82)(H,67,81)(H,68,84)(H,69,86)/t26-,31-,32-,33-,34-,35-,36-,37-,39-,42-,47+,58-/m0/s1. The summed E-state index contributed by atoms with van der Waals surface area (Å²) in [6.45, 7) is 2.88. The number of hydrogen-bond acceptors (Lipinski definition) is 23. The second-order valence-corrected chi connectivity index (χ2v) is 22.7. The van der Waals surface area contributed by atoms with Crippen LogP contribution in [-0.4, -0.2) is 210 Å². The van der Waals surface area contributed by atoms with Gasteiger partial charge in [0.2, 0.25) is 53.0 Å². The molecule has 0 unspecified atom stereocenters. The Labute approximate surface area is 515 Å². The van der Waals surface area contributed by atoms with E-state index in [-0.39, 0.29) is 66.1 Å². The molecule has 6 rings (SSSR count). The third kappa shape index (κ3) is 16.9. The number of unbranched alkanes of at least 4 members (excludes halogenated alkanes) is 1. The Hall–Kier alpha value is -8.50. The number of nitrogens with one attached hydrogen (secondary N) is 8. The summed E-state index contributed by atoms with van der Waals surface area (Å²) in [5.74, 6) is -12.6. The number of Topliss-reactive ketones (excluding diaryl/α,β-unsaturated/α-hetero) is 1. The number of imidazole rings is 1. The number of aromatic nitrogens is 2. The summed E-state index contributed by atoms with van der Waals surface area (Å²) >= 11 is 0. The van der Waals surface area contributed by atoms with Crippen LogP contribution in [0.15, 0.2) is 30.7 Å². The summed E-state index contributed by atoms with van der Waals surface area (Å²) in [4.78, 5) is 155. The first kappa shape index (κ1) is 70.6. The number of nitrogens with zero attached hydrogens (tertiary/aromatic N) is 1. The third-order valence-corrected chi connectivity index (χ3v) is 15.6. The van der Waals surface area contributed by atoms with Gasteiger partial charge in [-0.15, -0.1) is 0 Å². The third-order valence-electron chi connectivity index (χ3n) is 15.6. The predicted octanol–water partition coefficient (Wildman–Crippen LogP) is -4.52. The lowest BCUT2D eigenvalue weighted by molar-refractivity contribution is -0.249. The number of aliphatic hydroxyl groups excluding tert-OH is 4. The van der Waals surface area contributed by atoms with Crippen LogP contribution in [0, 0.1) is 5.92 Å². The predicted molar refractivity (Wildman–Crippen MR) is 310 cm³/mol. The zero-order valence-corrected chi connectivity index (χ0v) is 50.2. The highest BCUT2D eigenvalue weighted by molar-refractivity contribution is 6.31. The maximum absolute atomic E-state index is 14.4. The number of carbonyl (C=O) groups excluding carboxylic acids is 11. The summed E-state index contributed by atoms with van der Waals surface area (Å²) in [6, 6.07) is -6.47. The number of benzene rings is 2. The number of aliphatic hydroxyl groups is 5. The van der Waals surface area contributed by atoms with E-state index in [1.165, 1.54) is 44.8 Å². The maximum atomic E-state index is 14.4. The normalized spacial score (nSPS) is 21.3. The van der Waals surface area contributed by atoms with Crippen molar-refractivity contribution < 1.29 is 103 Å². The second-order valence-electron chi connectivity index (χ2n) is 22.7. The molecule has 0 bridgehead atoms. The molecule has 12 atom stereocenters. The lowest BCUT2D eigenvalue weighted by Gasteiger charge is -2.43. The molecule has 1 aromatic heterocycles. The number of ketones is 3. The van der Waals surface area contributed by atoms with Crippen molar-refractivity contribution in [2.24, 2.45) is 17.4 Å². The van der Waals surface area contributed by atoms with Gasteiger partial charge in [-0.25, -0.2) is 4.98 Å². The van der Waals surface area contributed by atoms with Crippen molar-refractivity contribution in [1.82, 2.24) is 47.2 Å². The van der Waals surface area contributed by atoms with E-state index in [4.69, 9.17) is 25.7 Å². The molecule has 1 aliphatic heterocycles. The van der Waals surface area contributed by atoms with Gasteiger partial charge >= 0.3 is 0 Å². The topological polar surface area (TPSA) is 522 Å². The first-order valence-corrected chi connectivity index (χ1v) is 29.1. The Morgan fingerprint density at radius 1 is 0.789 bits per heavy atom. The maximum Gasteiger partial charge on any atom is 0.245 e. The van der Waals surface area contributed by atoms with Crippen LogP contribution >= 0.6 is 0 Å². The van der Waals surface area contributed by atoms with Gasteiger partial charge in [-0.1, -0.05) is 26.0 Å². The number of aromatic hydroxyl groups is 2. The van der Waals surface area contributed by atoms with Crippen molar-refractivity contribution in [3.8, 4) is 17.2 Å². The molecule has 2 aromatic carbocycles. The van der Waals surface area contributed by atoms with Crippen LogP contribution in [0.1, 0.15) is 134 Å². The molecule has 2 heterocycles. The Kier molecular flexibility index (Phi) is 24.5. The number of ether oxygens (including phenoxy) is 3. The minimum atomic E-state index is -2.51. The van der Waals surface area contributed by atoms with E-state index >= 15 is 0 Å². The van der Waals surface area contributed by atoms with Gasteiger partial charge in [0.05, 0.1) is 61.6 Å². The number of phenolic OH excluding ortho intramolecular Hbond substituents is 2. The van der Waals surface area contributed by atoms with Crippen molar-refractivity contribution in [3.63, 3.8) is 0 Å². The van der Waals surface area contributed by atoms with Gasteiger partial charge in [0.1, 0.15) is 71.8 Å². The van der Waals surface area contributed by atoms with Gasteiger partial charge in [-0.3, -0.25) is 52.7 Å². The molecule has 3 aliphatic rings. The molecule has 32 heteroatoms. The SMILES string of the molecule is COc1cccc2c1C(=O)c1c(O)c3c(c(O)c1C2=O)C[C@@](O)(C(=O)CO)C[C@@H]3O[C@H]1C[C@H](NC(=O)[C@H](CCC(N)=O)NC(=O)[C@H](CC(C)C)NC(=O)[C@H](CCCCN)NC(=O)[C@H](CO)NC(=O)[C@H](CO)NC(=O)[C@H](Cc2cnc[nH]2)NC(C)=O)[C@H](O)[C@H](C)O1. The lowest BCUT2D eigenvalue weighted by atomic mass is 9.72. The number of primary amides is 1. The van der Waals surface area contributed by atoms with Crippen molar-refractivity contribution >= 4 is 64.6 Å². The molecule has 1 saturated heterocycles. The van der Waals surface area contributed by atoms with Gasteiger partial charge in [-0.2, -0.15) is 0 Å². The van der Waals surface area contributed by atoms with Crippen molar-refractivity contribution in [2.45, 2.75) is 164 Å². The van der Waals surface area contributed by atoms with E-state index in [1.54, 1.807) is 13.8 Å². The van der Waals surface area contributed by atoms with Crippen molar-refractivity contribution in [2.75, 3.05) is 33.5 Å². The van der Waals surface area contributed by atoms with Crippen LogP contribution in [-0.2, 0) is 65.5 Å². The molecular weight excluding hydrogens is 1190 g/mol. The molecule has 2 aliphatic carbocycles. The number of carbonyl (C=O) groups is 11. The highest BCUT2D eigenvalue weighted by Gasteiger charge is 2.51. The summed E-state index contributed by atoms with van der Waals surface area (Å²) < 4.78 is 17.6.